The maximum Gasteiger partial charge on any atom is 0.232 e. The van der Waals surface area contributed by atoms with Crippen molar-refractivity contribution in [2.75, 3.05) is 6.26 Å². The highest BCUT2D eigenvalue weighted by Gasteiger charge is 2.23. The zero-order chi connectivity index (χ0) is 7.61. The summed E-state index contributed by atoms with van der Waals surface area (Å²) in [6.07, 6.45) is 5.11. The summed E-state index contributed by atoms with van der Waals surface area (Å²) in [5.74, 6) is 0. The van der Waals surface area contributed by atoms with Gasteiger partial charge in [-0.2, -0.15) is 0 Å². The maximum absolute atomic E-state index is 5.68. The van der Waals surface area contributed by atoms with E-state index in [2.05, 4.69) is 10.3 Å². The molecule has 5 heteroatoms. The minimum Gasteiger partial charge on any atom is -0.331 e. The maximum atomic E-state index is 5.68. The van der Waals surface area contributed by atoms with Crippen LogP contribution in [0.15, 0.2) is 16.2 Å². The number of rotatable bonds is 1. The second-order valence-electron chi connectivity index (χ2n) is 1.82. The fourth-order valence-corrected chi connectivity index (χ4v) is 1.20. The summed E-state index contributed by atoms with van der Waals surface area (Å²) in [6.45, 7) is 0. The molecule has 0 radical (unpaired) electrons. The zero-order valence-electron chi connectivity index (χ0n) is 5.47. The predicted molar refractivity (Wildman–Crippen MR) is 46.0 cm³/mol. The van der Waals surface area contributed by atoms with Gasteiger partial charge in [-0.3, -0.25) is 5.73 Å². The lowest BCUT2D eigenvalue weighted by Crippen LogP contribution is -2.48. The van der Waals surface area contributed by atoms with Crippen molar-refractivity contribution in [3.63, 3.8) is 0 Å². The molecule has 0 bridgehead atoms. The molecule has 1 heterocycles. The minimum absolute atomic E-state index is 0.520. The molecule has 1 rings (SSSR count). The van der Waals surface area contributed by atoms with Gasteiger partial charge in [0.15, 0.2) is 0 Å². The molecule has 3 N–H and O–H groups in total. The Hall–Kier alpha value is -0.190. The van der Waals surface area contributed by atoms with Gasteiger partial charge >= 0.3 is 0 Å². The lowest BCUT2D eigenvalue weighted by atomic mass is 10.6. The summed E-state index contributed by atoms with van der Waals surface area (Å²) in [6, 6.07) is 0. The highest BCUT2D eigenvalue weighted by atomic mass is 35.5. The molecule has 1 aliphatic heterocycles. The van der Waals surface area contributed by atoms with Crippen molar-refractivity contribution >= 4 is 29.6 Å². The van der Waals surface area contributed by atoms with Gasteiger partial charge in [-0.25, -0.2) is 4.99 Å². The molecule has 0 aliphatic carbocycles. The van der Waals surface area contributed by atoms with Crippen LogP contribution in [0.4, 0.5) is 0 Å². The first-order valence-corrected chi connectivity index (χ1v) is 4.30. The number of aliphatic imine (C=N–C) groups is 1. The Kier molecular flexibility index (Phi) is 2.23. The Bertz CT molecular complexity index is 191. The number of nitrogens with one attached hydrogen (secondary N) is 1. The number of halogens is 1. The molecule has 0 aromatic rings. The number of nitrogens with two attached hydrogens (primary N) is 1. The first-order chi connectivity index (χ1) is 4.66. The van der Waals surface area contributed by atoms with Crippen molar-refractivity contribution in [1.82, 2.24) is 5.32 Å². The van der Waals surface area contributed by atoms with Gasteiger partial charge in [-0.15, -0.1) is 0 Å². The summed E-state index contributed by atoms with van der Waals surface area (Å²) in [7, 11) is 0. The average Bonchev–Trinajstić information content (AvgIpc) is 1.88. The van der Waals surface area contributed by atoms with Crippen LogP contribution in [-0.2, 0) is 0 Å². The van der Waals surface area contributed by atoms with Gasteiger partial charge in [-0.1, -0.05) is 23.4 Å². The largest absolute Gasteiger partial charge is 0.331 e. The molecule has 1 atom stereocenters. The van der Waals surface area contributed by atoms with Crippen LogP contribution in [-0.4, -0.2) is 17.6 Å². The molecule has 0 aromatic heterocycles. The molecule has 0 aromatic carbocycles. The van der Waals surface area contributed by atoms with Crippen LogP contribution in [0.5, 0.6) is 0 Å². The molecule has 0 fully saturated rings. The van der Waals surface area contributed by atoms with E-state index in [0.717, 1.165) is 0 Å². The molecule has 1 unspecified atom stereocenters. The van der Waals surface area contributed by atoms with Crippen LogP contribution < -0.4 is 11.1 Å². The lowest BCUT2D eigenvalue weighted by molar-refractivity contribution is 0.572. The van der Waals surface area contributed by atoms with Gasteiger partial charge in [0.25, 0.3) is 0 Å². The van der Waals surface area contributed by atoms with E-state index in [-0.39, 0.29) is 0 Å². The third-order valence-corrected chi connectivity index (χ3v) is 2.15. The predicted octanol–water partition coefficient (Wildman–Crippen LogP) is 0.674. The standard InChI is InChI=1S/C5H8ClN3S/c1-10-5(7)8-3-2-4(6)9-5/h2-3,9H,7H2,1H3. The van der Waals surface area contributed by atoms with Crippen LogP contribution in [0.25, 0.3) is 0 Å². The average molecular weight is 178 g/mol. The molecule has 0 saturated carbocycles. The number of nitrogens with zero attached hydrogens (tertiary/aromatic N) is 1. The number of hydrogen-bond acceptors (Lipinski definition) is 4. The number of thioether (sulfide) groups is 1. The Morgan fingerprint density at radius 1 is 1.90 bits per heavy atom. The van der Waals surface area contributed by atoms with E-state index in [0.29, 0.717) is 5.16 Å². The highest BCUT2D eigenvalue weighted by molar-refractivity contribution is 7.99. The van der Waals surface area contributed by atoms with Crippen LogP contribution in [0.1, 0.15) is 0 Å². The Balaban J connectivity index is 2.71. The minimum atomic E-state index is -0.772. The second-order valence-corrected chi connectivity index (χ2v) is 3.26. The molecule has 1 aliphatic rings. The van der Waals surface area contributed by atoms with E-state index >= 15 is 0 Å². The molecule has 56 valence electrons. The van der Waals surface area contributed by atoms with Crippen LogP contribution in [0.3, 0.4) is 0 Å². The van der Waals surface area contributed by atoms with Crippen molar-refractivity contribution in [3.05, 3.63) is 11.2 Å². The number of hydrogen-bond donors (Lipinski definition) is 2. The highest BCUT2D eigenvalue weighted by Crippen LogP contribution is 2.19. The third-order valence-electron chi connectivity index (χ3n) is 1.10. The molecule has 0 spiro atoms. The van der Waals surface area contributed by atoms with E-state index in [1.165, 1.54) is 11.8 Å². The Morgan fingerprint density at radius 3 is 3.00 bits per heavy atom. The fourth-order valence-electron chi connectivity index (χ4n) is 0.562. The van der Waals surface area contributed by atoms with Crippen molar-refractivity contribution in [2.24, 2.45) is 10.7 Å². The summed E-state index contributed by atoms with van der Waals surface area (Å²) in [4.78, 5) is 3.97. The van der Waals surface area contributed by atoms with Crippen LogP contribution in [0.2, 0.25) is 0 Å². The van der Waals surface area contributed by atoms with Crippen LogP contribution >= 0.6 is 23.4 Å². The lowest BCUT2D eigenvalue weighted by Gasteiger charge is -2.26. The van der Waals surface area contributed by atoms with E-state index in [1.807, 2.05) is 6.26 Å². The first-order valence-electron chi connectivity index (χ1n) is 2.69. The smallest absolute Gasteiger partial charge is 0.232 e. The SMILES string of the molecule is CSC1(N)N=CC=C(Cl)N1. The van der Waals surface area contributed by atoms with E-state index in [9.17, 15) is 0 Å². The molecule has 0 amide bonds. The van der Waals surface area contributed by atoms with Crippen molar-refractivity contribution < 1.29 is 0 Å². The summed E-state index contributed by atoms with van der Waals surface area (Å²) in [5.41, 5.74) is 5.68. The second kappa shape index (κ2) is 2.82. The van der Waals surface area contributed by atoms with Gasteiger partial charge in [0.2, 0.25) is 5.12 Å². The van der Waals surface area contributed by atoms with Gasteiger partial charge in [0.1, 0.15) is 5.16 Å². The van der Waals surface area contributed by atoms with Crippen LogP contribution in [0, 0.1) is 0 Å². The fraction of sp³-hybridized carbons (Fsp3) is 0.400. The summed E-state index contributed by atoms with van der Waals surface area (Å²) >= 11 is 7.04. The Labute approximate surface area is 68.7 Å². The Morgan fingerprint density at radius 2 is 2.60 bits per heavy atom. The number of allylic oxidation sites excluding steroid dienone is 1. The molecular weight excluding hydrogens is 170 g/mol. The molecular formula is C5H8ClN3S. The monoisotopic (exact) mass is 177 g/mol. The van der Waals surface area contributed by atoms with E-state index in [4.69, 9.17) is 17.3 Å². The summed E-state index contributed by atoms with van der Waals surface area (Å²) < 4.78 is 0. The molecule has 10 heavy (non-hydrogen) atoms. The third kappa shape index (κ3) is 1.65. The van der Waals surface area contributed by atoms with E-state index < -0.39 is 5.12 Å². The quantitative estimate of drug-likeness (QED) is 0.458. The van der Waals surface area contributed by atoms with Gasteiger partial charge in [0, 0.05) is 6.21 Å². The van der Waals surface area contributed by atoms with E-state index in [1.54, 1.807) is 12.3 Å². The first kappa shape index (κ1) is 7.91. The summed E-state index contributed by atoms with van der Waals surface area (Å²) in [5, 5.41) is 2.56. The van der Waals surface area contributed by atoms with Gasteiger partial charge < -0.3 is 5.32 Å². The van der Waals surface area contributed by atoms with Gasteiger partial charge in [-0.05, 0) is 12.3 Å². The van der Waals surface area contributed by atoms with Crippen molar-refractivity contribution in [1.29, 1.82) is 0 Å². The topological polar surface area (TPSA) is 50.4 Å². The normalized spacial score (nSPS) is 31.3. The van der Waals surface area contributed by atoms with Crippen molar-refractivity contribution in [2.45, 2.75) is 5.12 Å². The van der Waals surface area contributed by atoms with Gasteiger partial charge in [0.05, 0.1) is 0 Å². The molecule has 3 nitrogen and oxygen atoms in total. The van der Waals surface area contributed by atoms with Crippen molar-refractivity contribution in [3.8, 4) is 0 Å². The zero-order valence-corrected chi connectivity index (χ0v) is 7.04. The molecule has 0 saturated heterocycles.